The molecule has 1 saturated heterocycles. The van der Waals surface area contributed by atoms with Gasteiger partial charge in [0.25, 0.3) is 0 Å². The number of benzene rings is 2. The fraction of sp³-hybridized carbons (Fsp3) is 0.536. The number of β-amino-alcohol motifs (C(OH)–C–C–N with tert-alkyl or cyclic N) is 1. The number of halogens is 2. The average Bonchev–Trinajstić information content (AvgIpc) is 3.67. The molecule has 4 rings (SSSR count). The molecule has 2 aliphatic rings. The molecule has 1 amide bonds. The van der Waals surface area contributed by atoms with Gasteiger partial charge in [-0.1, -0.05) is 64.1 Å². The maximum absolute atomic E-state index is 13.3. The zero-order chi connectivity index (χ0) is 27.0. The first-order valence-electron chi connectivity index (χ1n) is 12.5. The Morgan fingerprint density at radius 3 is 1.83 bits per heavy atom. The predicted molar refractivity (Wildman–Crippen MR) is 149 cm³/mol. The van der Waals surface area contributed by atoms with Crippen LogP contribution in [0.4, 0.5) is 8.78 Å². The molecular formula is C28H46F2N2O2S. The summed E-state index contributed by atoms with van der Waals surface area (Å²) in [5, 5.41) is 14.8. The van der Waals surface area contributed by atoms with Gasteiger partial charge in [-0.25, -0.2) is 19.0 Å². The van der Waals surface area contributed by atoms with Crippen LogP contribution in [-0.4, -0.2) is 53.9 Å². The van der Waals surface area contributed by atoms with E-state index in [0.717, 1.165) is 32.2 Å². The van der Waals surface area contributed by atoms with Crippen molar-refractivity contribution >= 4 is 16.1 Å². The van der Waals surface area contributed by atoms with Gasteiger partial charge in [-0.15, -0.1) is 0 Å². The number of nitrogens with zero attached hydrogens (tertiary/aromatic N) is 1. The van der Waals surface area contributed by atoms with Gasteiger partial charge in [-0.3, -0.25) is 9.93 Å². The van der Waals surface area contributed by atoms with Gasteiger partial charge in [0.1, 0.15) is 11.6 Å². The van der Waals surface area contributed by atoms with E-state index in [4.69, 9.17) is 5.14 Å². The van der Waals surface area contributed by atoms with Gasteiger partial charge in [-0.05, 0) is 62.1 Å². The highest BCUT2D eigenvalue weighted by atomic mass is 32.3. The third-order valence-corrected chi connectivity index (χ3v) is 4.66. The van der Waals surface area contributed by atoms with Gasteiger partial charge in [-0.2, -0.15) is 0 Å². The summed E-state index contributed by atoms with van der Waals surface area (Å²) < 4.78 is 26.6. The molecule has 0 aromatic heterocycles. The molecule has 0 radical (unpaired) electrons. The number of aliphatic hydroxyl groups is 1. The minimum Gasteiger partial charge on any atom is -0.391 e. The number of nitrogens with two attached hydrogens (primary N) is 1. The lowest BCUT2D eigenvalue weighted by atomic mass is 10.0. The molecule has 0 unspecified atom stereocenters. The molecule has 2 aromatic rings. The first-order chi connectivity index (χ1) is 16.6. The van der Waals surface area contributed by atoms with E-state index >= 15 is 0 Å². The topological polar surface area (TPSA) is 66.6 Å². The Labute approximate surface area is 213 Å². The first-order valence-corrected chi connectivity index (χ1v) is 15.4. The second-order valence-electron chi connectivity index (χ2n) is 8.75. The van der Waals surface area contributed by atoms with E-state index in [9.17, 15) is 18.7 Å². The Balaban J connectivity index is 0.000000501. The smallest absolute Gasteiger partial charge is 0.225 e. The molecule has 35 heavy (non-hydrogen) atoms. The molecule has 1 heterocycles. The van der Waals surface area contributed by atoms with Crippen LogP contribution >= 0.6 is 10.2 Å². The van der Waals surface area contributed by atoms with Crippen molar-refractivity contribution in [2.75, 3.05) is 31.9 Å². The second-order valence-corrected chi connectivity index (χ2v) is 12.6. The molecule has 0 spiro atoms. The van der Waals surface area contributed by atoms with Crippen LogP contribution in [-0.2, 0) is 4.79 Å². The molecule has 1 atom stereocenters. The molecule has 1 saturated carbocycles. The summed E-state index contributed by atoms with van der Waals surface area (Å²) in [6.45, 7) is 9.42. The minimum atomic E-state index is -0.667. The largest absolute Gasteiger partial charge is 0.391 e. The van der Waals surface area contributed by atoms with Crippen molar-refractivity contribution < 1.29 is 18.7 Å². The molecule has 1 aliphatic heterocycles. The number of likely N-dealkylation sites (tertiary alicyclic amines) is 1. The zero-order valence-corrected chi connectivity index (χ0v) is 23.4. The van der Waals surface area contributed by atoms with Crippen molar-refractivity contribution in [1.29, 1.82) is 0 Å². The summed E-state index contributed by atoms with van der Waals surface area (Å²) in [7, 11) is -0.667. The number of carbonyl (C=O) groups is 1. The van der Waals surface area contributed by atoms with Crippen molar-refractivity contribution in [1.82, 2.24) is 4.90 Å². The van der Waals surface area contributed by atoms with Crippen LogP contribution in [0.25, 0.3) is 11.1 Å². The number of rotatable bonds is 2. The summed E-state index contributed by atoms with van der Waals surface area (Å²) in [5.74, 6) is -0.489. The monoisotopic (exact) mass is 512 g/mol. The van der Waals surface area contributed by atoms with Gasteiger partial charge in [0.15, 0.2) is 0 Å². The lowest BCUT2D eigenvalue weighted by Crippen LogP contribution is -2.42. The van der Waals surface area contributed by atoms with Crippen LogP contribution in [0.3, 0.4) is 0 Å². The number of amides is 1. The fourth-order valence-corrected chi connectivity index (χ4v) is 3.12. The SMILES string of the molecule is CC.CC.CS(C)(C)N.Fc1cccc(F)c1-c1ccccc1.O=C(C1CC1)N1CCC[C@H](O)C1. The van der Waals surface area contributed by atoms with Crippen LogP contribution in [0.2, 0.25) is 0 Å². The lowest BCUT2D eigenvalue weighted by Gasteiger charge is -2.30. The molecule has 200 valence electrons. The van der Waals surface area contributed by atoms with E-state index in [1.54, 1.807) is 24.3 Å². The summed E-state index contributed by atoms with van der Waals surface area (Å²) >= 11 is 0. The maximum atomic E-state index is 13.3. The Morgan fingerprint density at radius 1 is 0.914 bits per heavy atom. The highest BCUT2D eigenvalue weighted by molar-refractivity contribution is 8.30. The van der Waals surface area contributed by atoms with E-state index in [1.165, 1.54) is 18.2 Å². The number of hydrogen-bond donors (Lipinski definition) is 2. The first kappa shape index (κ1) is 33.0. The third kappa shape index (κ3) is 14.3. The van der Waals surface area contributed by atoms with Crippen molar-refractivity contribution in [3.63, 3.8) is 0 Å². The Hall–Kier alpha value is -1.96. The highest BCUT2D eigenvalue weighted by Gasteiger charge is 2.34. The number of aliphatic hydroxyl groups excluding tert-OH is 1. The molecule has 2 aromatic carbocycles. The molecule has 3 N–H and O–H groups in total. The van der Waals surface area contributed by atoms with Crippen molar-refractivity contribution in [3.8, 4) is 11.1 Å². The van der Waals surface area contributed by atoms with Gasteiger partial charge in [0.2, 0.25) is 5.91 Å². The molecule has 1 aliphatic carbocycles. The lowest BCUT2D eigenvalue weighted by molar-refractivity contribution is -0.135. The average molecular weight is 513 g/mol. The third-order valence-electron chi connectivity index (χ3n) is 4.66. The van der Waals surface area contributed by atoms with E-state index in [0.29, 0.717) is 18.0 Å². The number of carbonyl (C=O) groups excluding carboxylic acids is 1. The van der Waals surface area contributed by atoms with Crippen LogP contribution in [0.15, 0.2) is 48.5 Å². The Kier molecular flexibility index (Phi) is 16.5. The number of hydrogen-bond acceptors (Lipinski definition) is 3. The molecular weight excluding hydrogens is 466 g/mol. The van der Waals surface area contributed by atoms with Gasteiger partial charge < -0.3 is 10.0 Å². The van der Waals surface area contributed by atoms with Gasteiger partial charge in [0.05, 0.1) is 11.7 Å². The van der Waals surface area contributed by atoms with Crippen LogP contribution < -0.4 is 5.14 Å². The highest BCUT2D eigenvalue weighted by Crippen LogP contribution is 2.31. The van der Waals surface area contributed by atoms with Gasteiger partial charge >= 0.3 is 0 Å². The van der Waals surface area contributed by atoms with E-state index < -0.39 is 21.8 Å². The van der Waals surface area contributed by atoms with Crippen molar-refractivity contribution in [3.05, 3.63) is 60.2 Å². The molecule has 0 bridgehead atoms. The maximum Gasteiger partial charge on any atom is 0.225 e. The summed E-state index contributed by atoms with van der Waals surface area (Å²) in [5.41, 5.74) is 0.594. The minimum absolute atomic E-state index is 0.0353. The summed E-state index contributed by atoms with van der Waals surface area (Å²) in [6, 6.07) is 12.5. The van der Waals surface area contributed by atoms with Crippen LogP contribution in [0, 0.1) is 17.6 Å². The fourth-order valence-electron chi connectivity index (χ4n) is 3.12. The van der Waals surface area contributed by atoms with E-state index in [-0.39, 0.29) is 17.6 Å². The predicted octanol–water partition coefficient (Wildman–Crippen LogP) is 6.62. The van der Waals surface area contributed by atoms with E-state index in [2.05, 4.69) is 0 Å². The Bertz CT molecular complexity index is 814. The van der Waals surface area contributed by atoms with E-state index in [1.807, 2.05) is 57.4 Å². The van der Waals surface area contributed by atoms with Gasteiger partial charge in [0, 0.05) is 19.0 Å². The second kappa shape index (κ2) is 17.5. The Morgan fingerprint density at radius 2 is 1.40 bits per heavy atom. The zero-order valence-electron chi connectivity index (χ0n) is 22.6. The normalized spacial score (nSPS) is 17.0. The van der Waals surface area contributed by atoms with Crippen LogP contribution in [0.1, 0.15) is 53.4 Å². The summed E-state index contributed by atoms with van der Waals surface area (Å²) in [4.78, 5) is 13.3. The quantitative estimate of drug-likeness (QED) is 0.475. The van der Waals surface area contributed by atoms with Crippen molar-refractivity contribution in [2.24, 2.45) is 11.1 Å². The summed E-state index contributed by atoms with van der Waals surface area (Å²) in [6.07, 6.45) is 9.80. The number of piperidine rings is 1. The standard InChI is InChI=1S/C12H8F2.C9H15NO2.C3H11NS.2C2H6/c13-10-7-4-8-11(14)12(10)9-5-2-1-3-6-9;11-8-2-1-5-10(6-8)9(12)7-3-4-7;1-5(2,3)4;2*1-2/h1-8H;7-8,11H,1-6H2;4H2,1-3H3;2*1-2H3/t;8-;;;/m.0.../s1. The van der Waals surface area contributed by atoms with Crippen LogP contribution in [0.5, 0.6) is 0 Å². The molecule has 4 nitrogen and oxygen atoms in total. The molecule has 2 fully saturated rings. The van der Waals surface area contributed by atoms with Crippen molar-refractivity contribution in [2.45, 2.75) is 59.5 Å². The molecule has 7 heteroatoms.